The fourth-order valence-corrected chi connectivity index (χ4v) is 15.5. The van der Waals surface area contributed by atoms with Gasteiger partial charge in [0.25, 0.3) is 14.3 Å². The van der Waals surface area contributed by atoms with Crippen LogP contribution in [0.1, 0.15) is 129 Å². The third-order valence-electron chi connectivity index (χ3n) is 15.9. The Hall–Kier alpha value is -8.94. The predicted octanol–water partition coefficient (Wildman–Crippen LogP) is -1.56. The summed E-state index contributed by atoms with van der Waals surface area (Å²) in [6, 6.07) is -3.05. The van der Waals surface area contributed by atoms with Crippen LogP contribution in [-0.2, 0) is 62.3 Å². The van der Waals surface area contributed by atoms with E-state index in [1.54, 1.807) is 31.7 Å². The van der Waals surface area contributed by atoms with Gasteiger partial charge in [0.2, 0.25) is 29.5 Å². The monoisotopic (exact) mass is 1410 g/mol. The number of carboxylic acids is 8. The first-order chi connectivity index (χ1) is 45.7. The molecule has 1 aromatic carbocycles. The Morgan fingerprint density at radius 1 is 0.398 bits per heavy atom. The Morgan fingerprint density at radius 3 is 1.18 bits per heavy atom. The quantitative estimate of drug-likeness (QED) is 0.0200. The zero-order valence-electron chi connectivity index (χ0n) is 56.2. The van der Waals surface area contributed by atoms with Crippen molar-refractivity contribution < 1.29 is 117 Å². The summed E-state index contributed by atoms with van der Waals surface area (Å²) < 4.78 is 17.1. The smallest absolute Gasteiger partial charge is 0.326 e. The van der Waals surface area contributed by atoms with E-state index in [4.69, 9.17) is 5.11 Å². The first-order valence-corrected chi connectivity index (χ1v) is 33.9. The molecule has 0 unspecified atom stereocenters. The normalized spacial score (nSPS) is 15.5. The van der Waals surface area contributed by atoms with Gasteiger partial charge in [0.1, 0.15) is 30.2 Å². The Bertz CT molecular complexity index is 2890. The minimum absolute atomic E-state index is 0.0135. The number of nitrogens with zero attached hydrogens (tertiary/aromatic N) is 4. The first-order valence-electron chi connectivity index (χ1n) is 32.0. The lowest BCUT2D eigenvalue weighted by Gasteiger charge is -2.44. The number of carboxylic acid groups (broad SMARTS) is 8. The SMILES string of the molecule is CC(C)(C)[Si](F)(c1ccc(C(=O)NCC[C@H](NC(=O)CN2CCN(CC(=O)O)CCN(CC(=O)O)CCN(CC(=O)O)CC2)C(=O)N[C@H](CCCCNC(=O)CCC(=O)NCCC[C@@H](NC(=O)CC[C@H](NC(=O)N[C@@H](CCC(=O)O)C(=O)O)C(=O)O)C(=O)O)C(=O)O)cc1)C(C)(C)C. The average Bonchev–Trinajstić information content (AvgIpc) is 0.749. The molecule has 5 atom stereocenters. The summed E-state index contributed by atoms with van der Waals surface area (Å²) in [6.45, 7) is 9.71. The van der Waals surface area contributed by atoms with Crippen LogP contribution in [0.3, 0.4) is 0 Å². The standard InChI is InChI=1S/C61H97FN12O23Si/c1-60(2,3)98(62,61(4,5)6)39-14-12-38(13-15-39)53(87)65-25-22-40(66-48(78)34-71-26-28-72(35-50(81)82)30-32-74(37-52(85)86)33-31-73(29-27-71)36-51(83)84)54(88)68-42(56(91)92)10-7-8-23-63-45(75)19-20-46(76)64-24-9-11-41(55(89)90)67-47(77)18-16-43(57(93)94)69-59(97)70-44(58(95)96)17-21-49(79)80/h12-15,40-44H,7-11,16-37H2,1-6H3,(H,63,75)(H,64,76)(H,65,87)(H,66,78)(H,67,77)(H,68,88)(H,79,80)(H,81,82)(H,83,84)(H,85,86)(H,89,90)(H,91,92)(H,93,94)(H,95,96)(H2,69,70,97)/t40-,41+,42+,43-,44-/m0/s1. The number of halogens is 1. The van der Waals surface area contributed by atoms with Gasteiger partial charge < -0.3 is 87.5 Å². The minimum atomic E-state index is -3.69. The second-order valence-corrected chi connectivity index (χ2v) is 30.6. The Balaban J connectivity index is 2.10. The maximum absolute atomic E-state index is 17.1. The molecule has 1 heterocycles. The van der Waals surface area contributed by atoms with Crippen molar-refractivity contribution >= 4 is 103 Å². The van der Waals surface area contributed by atoms with Gasteiger partial charge in [0, 0.05) is 103 Å². The molecule has 0 aromatic heterocycles. The number of amides is 8. The molecule has 1 aliphatic rings. The zero-order chi connectivity index (χ0) is 74.1. The molecular formula is C61H97FN12O23Si. The van der Waals surface area contributed by atoms with E-state index in [1.165, 1.54) is 12.1 Å². The van der Waals surface area contributed by atoms with Gasteiger partial charge in [0.05, 0.1) is 26.2 Å². The number of hydrogen-bond donors (Lipinski definition) is 16. The molecule has 37 heteroatoms. The summed E-state index contributed by atoms with van der Waals surface area (Å²) in [6.07, 6.45) is -3.22. The highest BCUT2D eigenvalue weighted by Gasteiger charge is 2.56. The van der Waals surface area contributed by atoms with Crippen molar-refractivity contribution in [2.24, 2.45) is 0 Å². The van der Waals surface area contributed by atoms with E-state index in [0.717, 1.165) is 0 Å². The summed E-state index contributed by atoms with van der Waals surface area (Å²) in [5, 5.41) is 94.3. The maximum atomic E-state index is 17.1. The number of aliphatic carboxylic acids is 8. The fourth-order valence-electron chi connectivity index (χ4n) is 10.9. The maximum Gasteiger partial charge on any atom is 0.326 e. The molecule has 550 valence electrons. The zero-order valence-corrected chi connectivity index (χ0v) is 57.2. The molecule has 2 rings (SSSR count). The molecule has 1 aromatic rings. The van der Waals surface area contributed by atoms with Crippen molar-refractivity contribution in [3.63, 3.8) is 0 Å². The molecular weight excluding hydrogens is 1320 g/mol. The van der Waals surface area contributed by atoms with Crippen molar-refractivity contribution in [2.75, 3.05) is 98.2 Å². The fraction of sp³-hybridized carbons (Fsp3) is 0.656. The number of benzene rings is 1. The molecule has 98 heavy (non-hydrogen) atoms. The number of rotatable bonds is 41. The summed E-state index contributed by atoms with van der Waals surface area (Å²) >= 11 is 0. The van der Waals surface area contributed by atoms with E-state index in [0.29, 0.717) is 5.19 Å². The highest BCUT2D eigenvalue weighted by Crippen LogP contribution is 2.51. The molecule has 35 nitrogen and oxygen atoms in total. The molecule has 1 saturated heterocycles. The molecule has 0 saturated carbocycles. The molecule has 0 aliphatic carbocycles. The van der Waals surface area contributed by atoms with Crippen LogP contribution in [0.15, 0.2) is 24.3 Å². The van der Waals surface area contributed by atoms with Crippen LogP contribution in [0.5, 0.6) is 0 Å². The van der Waals surface area contributed by atoms with Crippen molar-refractivity contribution in [3.8, 4) is 0 Å². The molecule has 1 aliphatic heterocycles. The largest absolute Gasteiger partial charge is 0.481 e. The third-order valence-corrected chi connectivity index (χ3v) is 21.2. The van der Waals surface area contributed by atoms with Crippen molar-refractivity contribution in [3.05, 3.63) is 29.8 Å². The number of urea groups is 1. The molecule has 8 amide bonds. The van der Waals surface area contributed by atoms with E-state index >= 15 is 4.11 Å². The van der Waals surface area contributed by atoms with Gasteiger partial charge in [-0.3, -0.25) is 67.5 Å². The Kier molecular flexibility index (Phi) is 36.5. The summed E-state index contributed by atoms with van der Waals surface area (Å²) in [5.41, 5.74) is 0.168. The second kappa shape index (κ2) is 42.0. The molecule has 0 bridgehead atoms. The molecule has 0 spiro atoms. The second-order valence-electron chi connectivity index (χ2n) is 25.8. The van der Waals surface area contributed by atoms with Crippen LogP contribution in [0.25, 0.3) is 0 Å². The topological polar surface area (TPSA) is 527 Å². The first kappa shape index (κ1) is 85.1. The third kappa shape index (κ3) is 32.4. The minimum Gasteiger partial charge on any atom is -0.481 e. The van der Waals surface area contributed by atoms with E-state index < -0.39 is 183 Å². The van der Waals surface area contributed by atoms with Gasteiger partial charge in [0.15, 0.2) is 0 Å². The summed E-state index contributed by atoms with van der Waals surface area (Å²) in [4.78, 5) is 192. The molecule has 16 N–H and O–H groups in total. The van der Waals surface area contributed by atoms with Crippen molar-refractivity contribution in [2.45, 2.75) is 159 Å². The van der Waals surface area contributed by atoms with Crippen molar-refractivity contribution in [1.82, 2.24) is 62.1 Å². The van der Waals surface area contributed by atoms with Gasteiger partial charge >= 0.3 is 53.8 Å². The number of carbonyl (C=O) groups is 15. The van der Waals surface area contributed by atoms with E-state index in [9.17, 15) is 108 Å². The van der Waals surface area contributed by atoms with Gasteiger partial charge in [-0.1, -0.05) is 53.7 Å². The van der Waals surface area contributed by atoms with E-state index in [1.807, 2.05) is 52.2 Å². The molecule has 0 radical (unpaired) electrons. The van der Waals surface area contributed by atoms with Crippen LogP contribution in [0, 0.1) is 0 Å². The Morgan fingerprint density at radius 2 is 0.776 bits per heavy atom. The van der Waals surface area contributed by atoms with E-state index in [2.05, 4.69) is 31.9 Å². The Labute approximate surface area is 566 Å². The van der Waals surface area contributed by atoms with E-state index in [-0.39, 0.29) is 135 Å². The summed E-state index contributed by atoms with van der Waals surface area (Å²) in [7, 11) is -3.69. The lowest BCUT2D eigenvalue weighted by atomic mass is 10.1. The van der Waals surface area contributed by atoms with Gasteiger partial charge in [-0.05, 0) is 78.8 Å². The van der Waals surface area contributed by atoms with Gasteiger partial charge in [-0.25, -0.2) is 24.0 Å². The van der Waals surface area contributed by atoms with Crippen LogP contribution < -0.4 is 47.7 Å². The highest BCUT2D eigenvalue weighted by atomic mass is 28.4. The van der Waals surface area contributed by atoms with Crippen molar-refractivity contribution in [1.29, 1.82) is 0 Å². The number of hydrogen-bond acceptors (Lipinski definition) is 19. The van der Waals surface area contributed by atoms with Crippen LogP contribution in [0.2, 0.25) is 10.1 Å². The lowest BCUT2D eigenvalue weighted by Crippen LogP contribution is -2.57. The summed E-state index contributed by atoms with van der Waals surface area (Å²) in [5.74, 6) is -15.3. The average molecular weight is 1410 g/mol. The lowest BCUT2D eigenvalue weighted by molar-refractivity contribution is -0.143. The van der Waals surface area contributed by atoms with Crippen LogP contribution in [-0.4, -0.2) is 286 Å². The number of unbranched alkanes of at least 4 members (excludes halogenated alkanes) is 1. The predicted molar refractivity (Wildman–Crippen MR) is 348 cm³/mol. The van der Waals surface area contributed by atoms with Gasteiger partial charge in [-0.2, -0.15) is 0 Å². The molecule has 1 fully saturated rings. The number of carbonyl (C=O) groups excluding carboxylic acids is 7. The van der Waals surface area contributed by atoms with Gasteiger partial charge in [-0.15, -0.1) is 0 Å². The highest BCUT2D eigenvalue weighted by molar-refractivity contribution is 6.90. The van der Waals surface area contributed by atoms with Crippen LogP contribution in [0.4, 0.5) is 8.90 Å². The van der Waals surface area contributed by atoms with Crippen LogP contribution >= 0.6 is 0 Å². The number of nitrogens with one attached hydrogen (secondary N) is 8.